The Hall–Kier alpha value is -1.88. The molecule has 2 rings (SSSR count). The van der Waals surface area contributed by atoms with Crippen LogP contribution in [0.1, 0.15) is 24.8 Å². The van der Waals surface area contributed by atoms with Crippen LogP contribution in [0.15, 0.2) is 30.3 Å². The average Bonchev–Trinajstić information content (AvgIpc) is 2.53. The summed E-state index contributed by atoms with van der Waals surface area (Å²) in [6.07, 6.45) is 0.731. The van der Waals surface area contributed by atoms with E-state index in [-0.39, 0.29) is 23.8 Å². The zero-order valence-corrected chi connectivity index (χ0v) is 12.5. The van der Waals surface area contributed by atoms with Crippen LogP contribution in [0.5, 0.6) is 0 Å². The molecule has 1 aliphatic heterocycles. The molecule has 21 heavy (non-hydrogen) atoms. The van der Waals surface area contributed by atoms with Crippen LogP contribution < -0.4 is 5.32 Å². The molecule has 0 radical (unpaired) electrons. The molecule has 1 heterocycles. The van der Waals surface area contributed by atoms with Gasteiger partial charge in [0.1, 0.15) is 0 Å². The van der Waals surface area contributed by atoms with Gasteiger partial charge in [-0.05, 0) is 12.0 Å². The fourth-order valence-electron chi connectivity index (χ4n) is 2.80. The molecule has 1 aromatic rings. The molecule has 1 fully saturated rings. The average molecular weight is 290 g/mol. The molecule has 1 aromatic carbocycles. The summed E-state index contributed by atoms with van der Waals surface area (Å²) in [6.45, 7) is 3.86. The van der Waals surface area contributed by atoms with E-state index in [2.05, 4.69) is 10.2 Å². The van der Waals surface area contributed by atoms with E-state index in [4.69, 9.17) is 4.74 Å². The van der Waals surface area contributed by atoms with E-state index in [1.54, 1.807) is 0 Å². The number of rotatable bonds is 5. The molecule has 0 aliphatic carbocycles. The maximum atomic E-state index is 12.1. The number of esters is 1. The highest BCUT2D eigenvalue weighted by Crippen LogP contribution is 2.21. The molecule has 0 bridgehead atoms. The summed E-state index contributed by atoms with van der Waals surface area (Å²) in [5.41, 5.74) is 0.921. The second-order valence-electron chi connectivity index (χ2n) is 5.20. The fraction of sp³-hybridized carbons (Fsp3) is 0.500. The van der Waals surface area contributed by atoms with Crippen molar-refractivity contribution in [3.05, 3.63) is 35.9 Å². The Morgan fingerprint density at radius 1 is 1.43 bits per heavy atom. The first-order chi connectivity index (χ1) is 10.2. The molecule has 0 aromatic heterocycles. The van der Waals surface area contributed by atoms with Crippen LogP contribution in [0, 0.1) is 0 Å². The van der Waals surface area contributed by atoms with Gasteiger partial charge >= 0.3 is 5.97 Å². The van der Waals surface area contributed by atoms with Crippen molar-refractivity contribution in [3.8, 4) is 0 Å². The minimum absolute atomic E-state index is 0.0421. The van der Waals surface area contributed by atoms with E-state index >= 15 is 0 Å². The monoisotopic (exact) mass is 290 g/mol. The van der Waals surface area contributed by atoms with Crippen LogP contribution in [0.2, 0.25) is 0 Å². The molecule has 1 N–H and O–H groups in total. The molecule has 0 saturated carbocycles. The largest absolute Gasteiger partial charge is 0.469 e. The number of ether oxygens (including phenoxy) is 1. The molecular weight excluding hydrogens is 268 g/mol. The number of carbonyl (C=O) groups is 2. The Balaban J connectivity index is 2.18. The third kappa shape index (κ3) is 3.61. The minimum atomic E-state index is -0.365. The number of methoxy groups -OCH3 is 1. The van der Waals surface area contributed by atoms with Crippen LogP contribution in [0.3, 0.4) is 0 Å². The predicted octanol–water partition coefficient (Wildman–Crippen LogP) is 1.15. The van der Waals surface area contributed by atoms with E-state index in [1.165, 1.54) is 7.11 Å². The van der Waals surface area contributed by atoms with Gasteiger partial charge in [0, 0.05) is 19.6 Å². The molecule has 5 heteroatoms. The Labute approximate surface area is 125 Å². The lowest BCUT2D eigenvalue weighted by molar-refractivity contribution is -0.144. The summed E-state index contributed by atoms with van der Waals surface area (Å²) in [5.74, 6) is -0.585. The second-order valence-corrected chi connectivity index (χ2v) is 5.20. The third-order valence-corrected chi connectivity index (χ3v) is 3.93. The highest BCUT2D eigenvalue weighted by Gasteiger charge is 2.32. The molecule has 1 aliphatic rings. The van der Waals surface area contributed by atoms with Gasteiger partial charge in [-0.2, -0.15) is 0 Å². The molecule has 114 valence electrons. The van der Waals surface area contributed by atoms with Crippen LogP contribution in [-0.2, 0) is 14.3 Å². The Morgan fingerprint density at radius 2 is 2.14 bits per heavy atom. The van der Waals surface area contributed by atoms with Crippen molar-refractivity contribution >= 4 is 11.9 Å². The van der Waals surface area contributed by atoms with Crippen molar-refractivity contribution in [1.82, 2.24) is 10.2 Å². The van der Waals surface area contributed by atoms with E-state index in [1.807, 2.05) is 37.3 Å². The third-order valence-electron chi connectivity index (χ3n) is 3.93. The molecule has 5 nitrogen and oxygen atoms in total. The van der Waals surface area contributed by atoms with Crippen molar-refractivity contribution in [2.45, 2.75) is 25.3 Å². The van der Waals surface area contributed by atoms with Gasteiger partial charge in [-0.15, -0.1) is 0 Å². The van der Waals surface area contributed by atoms with E-state index < -0.39 is 0 Å². The van der Waals surface area contributed by atoms with Crippen molar-refractivity contribution in [2.75, 3.05) is 26.7 Å². The quantitative estimate of drug-likeness (QED) is 0.827. The number of nitrogens with one attached hydrogen (secondary N) is 1. The normalized spacial score (nSPS) is 20.7. The Bertz CT molecular complexity index is 490. The molecular formula is C16H22N2O3. The number of benzene rings is 1. The maximum Gasteiger partial charge on any atom is 0.314 e. The summed E-state index contributed by atoms with van der Waals surface area (Å²) in [4.78, 5) is 26.1. The predicted molar refractivity (Wildman–Crippen MR) is 79.9 cm³/mol. The van der Waals surface area contributed by atoms with Crippen LogP contribution in [0.4, 0.5) is 0 Å². The first kappa shape index (κ1) is 15.5. The van der Waals surface area contributed by atoms with Gasteiger partial charge in [-0.25, -0.2) is 0 Å². The van der Waals surface area contributed by atoms with Crippen molar-refractivity contribution in [1.29, 1.82) is 0 Å². The summed E-state index contributed by atoms with van der Waals surface area (Å²) < 4.78 is 4.94. The maximum absolute atomic E-state index is 12.1. The van der Waals surface area contributed by atoms with Crippen LogP contribution >= 0.6 is 0 Å². The first-order valence-electron chi connectivity index (χ1n) is 7.32. The van der Waals surface area contributed by atoms with Gasteiger partial charge in [-0.3, -0.25) is 14.5 Å². The van der Waals surface area contributed by atoms with Crippen molar-refractivity contribution < 1.29 is 14.3 Å². The number of nitrogens with zero attached hydrogens (tertiary/aromatic N) is 1. The van der Waals surface area contributed by atoms with Crippen LogP contribution in [0.25, 0.3) is 0 Å². The lowest BCUT2D eigenvalue weighted by Gasteiger charge is -2.36. The molecule has 0 spiro atoms. The van der Waals surface area contributed by atoms with Gasteiger partial charge in [0.2, 0.25) is 5.91 Å². The van der Waals surface area contributed by atoms with Crippen molar-refractivity contribution in [2.24, 2.45) is 0 Å². The Kier molecular flexibility index (Phi) is 5.33. The standard InChI is InChI=1S/C16H22N2O3/c1-3-14-15(19)17-9-10-18(14)11-13(16(20)21-2)12-7-5-4-6-8-12/h4-8,13-14H,3,9-11H2,1-2H3,(H,17,19). The number of piperazine rings is 1. The summed E-state index contributed by atoms with van der Waals surface area (Å²) in [6, 6.07) is 9.41. The number of hydrogen-bond acceptors (Lipinski definition) is 4. The number of hydrogen-bond donors (Lipinski definition) is 1. The minimum Gasteiger partial charge on any atom is -0.469 e. The fourth-order valence-corrected chi connectivity index (χ4v) is 2.80. The SMILES string of the molecule is CCC1C(=O)NCCN1CC(C(=O)OC)c1ccccc1. The zero-order valence-electron chi connectivity index (χ0n) is 12.5. The smallest absolute Gasteiger partial charge is 0.314 e. The zero-order chi connectivity index (χ0) is 15.2. The Morgan fingerprint density at radius 3 is 2.76 bits per heavy atom. The van der Waals surface area contributed by atoms with E-state index in [0.29, 0.717) is 13.1 Å². The van der Waals surface area contributed by atoms with Crippen LogP contribution in [-0.4, -0.2) is 49.6 Å². The lowest BCUT2D eigenvalue weighted by atomic mass is 9.97. The number of amides is 1. The topological polar surface area (TPSA) is 58.6 Å². The van der Waals surface area contributed by atoms with Gasteiger partial charge in [0.25, 0.3) is 0 Å². The van der Waals surface area contributed by atoms with Gasteiger partial charge in [0.15, 0.2) is 0 Å². The van der Waals surface area contributed by atoms with E-state index in [0.717, 1.165) is 18.5 Å². The van der Waals surface area contributed by atoms with E-state index in [9.17, 15) is 9.59 Å². The second kappa shape index (κ2) is 7.22. The summed E-state index contributed by atoms with van der Waals surface area (Å²) in [5, 5.41) is 2.87. The highest BCUT2D eigenvalue weighted by molar-refractivity contribution is 5.83. The molecule has 1 saturated heterocycles. The van der Waals surface area contributed by atoms with Gasteiger partial charge in [0.05, 0.1) is 19.1 Å². The van der Waals surface area contributed by atoms with Gasteiger partial charge < -0.3 is 10.1 Å². The first-order valence-corrected chi connectivity index (χ1v) is 7.32. The molecule has 1 amide bonds. The highest BCUT2D eigenvalue weighted by atomic mass is 16.5. The molecule has 2 atom stereocenters. The molecule has 2 unspecified atom stereocenters. The van der Waals surface area contributed by atoms with Crippen molar-refractivity contribution in [3.63, 3.8) is 0 Å². The summed E-state index contributed by atoms with van der Waals surface area (Å²) in [7, 11) is 1.40. The number of carbonyl (C=O) groups excluding carboxylic acids is 2. The van der Waals surface area contributed by atoms with Gasteiger partial charge in [-0.1, -0.05) is 37.3 Å². The lowest BCUT2D eigenvalue weighted by Crippen LogP contribution is -2.56. The summed E-state index contributed by atoms with van der Waals surface area (Å²) >= 11 is 0.